The van der Waals surface area contributed by atoms with Crippen molar-refractivity contribution in [3.8, 4) is 17.6 Å². The van der Waals surface area contributed by atoms with Gasteiger partial charge in [0.15, 0.2) is 11.5 Å². The van der Waals surface area contributed by atoms with Crippen molar-refractivity contribution in [3.63, 3.8) is 0 Å². The molecule has 0 aromatic heterocycles. The third kappa shape index (κ3) is 5.84. The van der Waals surface area contributed by atoms with Gasteiger partial charge in [-0.25, -0.2) is 4.39 Å². The number of methoxy groups -OCH3 is 1. The fourth-order valence-electron chi connectivity index (χ4n) is 2.71. The zero-order valence-electron chi connectivity index (χ0n) is 16.6. The summed E-state index contributed by atoms with van der Waals surface area (Å²) in [6.07, 6.45) is 1.39. The number of nitrogens with one attached hydrogen (secondary N) is 1. The maximum Gasteiger partial charge on any atom is 0.266 e. The van der Waals surface area contributed by atoms with Crippen molar-refractivity contribution in [3.05, 3.63) is 94.3 Å². The Kier molecular flexibility index (Phi) is 7.26. The summed E-state index contributed by atoms with van der Waals surface area (Å²) < 4.78 is 24.9. The Morgan fingerprint density at radius 2 is 1.87 bits per heavy atom. The van der Waals surface area contributed by atoms with Gasteiger partial charge in [0.25, 0.3) is 5.91 Å². The van der Waals surface area contributed by atoms with Crippen LogP contribution in [0.5, 0.6) is 11.5 Å². The van der Waals surface area contributed by atoms with Crippen molar-refractivity contribution < 1.29 is 18.7 Å². The Balaban J connectivity index is 1.80. The Morgan fingerprint density at radius 3 is 2.55 bits per heavy atom. The molecule has 1 amide bonds. The molecule has 0 aliphatic carbocycles. The molecule has 0 heterocycles. The van der Waals surface area contributed by atoms with Gasteiger partial charge in [-0.1, -0.05) is 41.9 Å². The SMILES string of the molecule is COc1ccc(/C=C(\C#N)C(=O)Nc2ccccc2F)cc1OCc1ccc(Cl)cc1. The highest BCUT2D eigenvalue weighted by Gasteiger charge is 2.13. The third-order valence-corrected chi connectivity index (χ3v) is 4.55. The number of carbonyl (C=O) groups excluding carboxylic acids is 1. The van der Waals surface area contributed by atoms with Crippen molar-refractivity contribution in [1.29, 1.82) is 5.26 Å². The molecule has 3 aromatic rings. The number of benzene rings is 3. The summed E-state index contributed by atoms with van der Waals surface area (Å²) in [5, 5.41) is 12.4. The van der Waals surface area contributed by atoms with Gasteiger partial charge in [0, 0.05) is 5.02 Å². The highest BCUT2D eigenvalue weighted by Crippen LogP contribution is 2.30. The van der Waals surface area contributed by atoms with Crippen LogP contribution in [0.15, 0.2) is 72.3 Å². The van der Waals surface area contributed by atoms with Crippen LogP contribution in [0.4, 0.5) is 10.1 Å². The fraction of sp³-hybridized carbons (Fsp3) is 0.0833. The molecule has 1 N–H and O–H groups in total. The van der Waals surface area contributed by atoms with E-state index in [9.17, 15) is 14.4 Å². The summed E-state index contributed by atoms with van der Waals surface area (Å²) in [6, 6.07) is 19.8. The molecule has 0 saturated heterocycles. The summed E-state index contributed by atoms with van der Waals surface area (Å²) in [4.78, 5) is 12.4. The van der Waals surface area contributed by atoms with Crippen LogP contribution in [-0.4, -0.2) is 13.0 Å². The van der Waals surface area contributed by atoms with E-state index < -0.39 is 11.7 Å². The number of nitriles is 1. The molecule has 0 aliphatic heterocycles. The first-order chi connectivity index (χ1) is 15.0. The van der Waals surface area contributed by atoms with Gasteiger partial charge in [-0.3, -0.25) is 4.79 Å². The zero-order chi connectivity index (χ0) is 22.2. The normalized spacial score (nSPS) is 10.8. The predicted octanol–water partition coefficient (Wildman–Crippen LogP) is 5.61. The molecule has 0 atom stereocenters. The summed E-state index contributed by atoms with van der Waals surface area (Å²) >= 11 is 5.90. The summed E-state index contributed by atoms with van der Waals surface area (Å²) in [6.45, 7) is 0.277. The number of anilines is 1. The second kappa shape index (κ2) is 10.3. The lowest BCUT2D eigenvalue weighted by Crippen LogP contribution is -2.14. The van der Waals surface area contributed by atoms with Gasteiger partial charge in [-0.2, -0.15) is 5.26 Å². The number of amides is 1. The molecule has 5 nitrogen and oxygen atoms in total. The quantitative estimate of drug-likeness (QED) is 0.386. The van der Waals surface area contributed by atoms with E-state index in [1.165, 1.54) is 31.4 Å². The maximum atomic E-state index is 13.8. The van der Waals surface area contributed by atoms with Gasteiger partial charge in [0.1, 0.15) is 24.1 Å². The maximum absolute atomic E-state index is 13.8. The molecule has 3 aromatic carbocycles. The van der Waals surface area contributed by atoms with Crippen molar-refractivity contribution in [1.82, 2.24) is 0 Å². The number of hydrogen-bond donors (Lipinski definition) is 1. The molecule has 3 rings (SSSR count). The minimum Gasteiger partial charge on any atom is -0.493 e. The van der Waals surface area contributed by atoms with Gasteiger partial charge >= 0.3 is 0 Å². The van der Waals surface area contributed by atoms with Gasteiger partial charge in [0.05, 0.1) is 12.8 Å². The smallest absolute Gasteiger partial charge is 0.266 e. The Labute approximate surface area is 184 Å². The Bertz CT molecular complexity index is 1150. The molecule has 0 unspecified atom stereocenters. The van der Waals surface area contributed by atoms with Gasteiger partial charge in [0.2, 0.25) is 0 Å². The first kappa shape index (κ1) is 21.9. The van der Waals surface area contributed by atoms with Crippen LogP contribution < -0.4 is 14.8 Å². The second-order valence-corrected chi connectivity index (χ2v) is 6.87. The van der Waals surface area contributed by atoms with Crippen LogP contribution in [0.25, 0.3) is 6.08 Å². The first-order valence-electron chi connectivity index (χ1n) is 9.23. The third-order valence-electron chi connectivity index (χ3n) is 4.29. The molecule has 0 aliphatic rings. The number of para-hydroxylation sites is 1. The number of rotatable bonds is 7. The molecule has 0 spiro atoms. The van der Waals surface area contributed by atoms with Gasteiger partial charge < -0.3 is 14.8 Å². The number of nitrogens with zero attached hydrogens (tertiary/aromatic N) is 1. The van der Waals surface area contributed by atoms with E-state index in [1.54, 1.807) is 36.4 Å². The van der Waals surface area contributed by atoms with Crippen LogP contribution in [0.2, 0.25) is 5.02 Å². The number of halogens is 2. The van der Waals surface area contributed by atoms with Crippen LogP contribution in [0.3, 0.4) is 0 Å². The van der Waals surface area contributed by atoms with E-state index in [2.05, 4.69) is 5.32 Å². The van der Waals surface area contributed by atoms with Crippen LogP contribution in [0, 0.1) is 17.1 Å². The van der Waals surface area contributed by atoms with Gasteiger partial charge in [-0.05, 0) is 53.6 Å². The molecule has 156 valence electrons. The minimum atomic E-state index is -0.716. The van der Waals surface area contributed by atoms with E-state index in [4.69, 9.17) is 21.1 Å². The molecule has 0 bridgehead atoms. The topological polar surface area (TPSA) is 71.3 Å². The van der Waals surface area contributed by atoms with Crippen molar-refractivity contribution in [2.75, 3.05) is 12.4 Å². The minimum absolute atomic E-state index is 0.00429. The molecular weight excluding hydrogens is 419 g/mol. The van der Waals surface area contributed by atoms with E-state index in [1.807, 2.05) is 18.2 Å². The summed E-state index contributed by atoms with van der Waals surface area (Å²) in [7, 11) is 1.52. The largest absolute Gasteiger partial charge is 0.493 e. The molecule has 0 saturated carbocycles. The standard InChI is InChI=1S/C24H18ClFN2O3/c1-30-22-11-8-17(13-23(22)31-15-16-6-9-19(25)10-7-16)12-18(14-27)24(29)28-21-5-3-2-4-20(21)26/h2-13H,15H2,1H3,(H,28,29)/b18-12+. The zero-order valence-corrected chi connectivity index (χ0v) is 17.3. The summed E-state index contributed by atoms with van der Waals surface area (Å²) in [5.41, 5.74) is 1.27. The van der Waals surface area contributed by atoms with E-state index in [-0.39, 0.29) is 17.9 Å². The fourth-order valence-corrected chi connectivity index (χ4v) is 2.83. The molecular formula is C24H18ClFN2O3. The molecule has 0 radical (unpaired) electrons. The van der Waals surface area contributed by atoms with E-state index in [0.29, 0.717) is 22.1 Å². The molecule has 7 heteroatoms. The lowest BCUT2D eigenvalue weighted by molar-refractivity contribution is -0.112. The molecule has 31 heavy (non-hydrogen) atoms. The predicted molar refractivity (Wildman–Crippen MR) is 117 cm³/mol. The lowest BCUT2D eigenvalue weighted by atomic mass is 10.1. The molecule has 0 fully saturated rings. The highest BCUT2D eigenvalue weighted by molar-refractivity contribution is 6.30. The average Bonchev–Trinajstić information content (AvgIpc) is 2.78. The highest BCUT2D eigenvalue weighted by atomic mass is 35.5. The average molecular weight is 437 g/mol. The van der Waals surface area contributed by atoms with E-state index >= 15 is 0 Å². The van der Waals surface area contributed by atoms with Crippen LogP contribution >= 0.6 is 11.6 Å². The van der Waals surface area contributed by atoms with E-state index in [0.717, 1.165) is 5.56 Å². The van der Waals surface area contributed by atoms with Crippen molar-refractivity contribution in [2.45, 2.75) is 6.61 Å². The van der Waals surface area contributed by atoms with Gasteiger partial charge in [-0.15, -0.1) is 0 Å². The number of hydrogen-bond acceptors (Lipinski definition) is 4. The number of ether oxygens (including phenoxy) is 2. The van der Waals surface area contributed by atoms with Crippen LogP contribution in [0.1, 0.15) is 11.1 Å². The van der Waals surface area contributed by atoms with Crippen molar-refractivity contribution >= 4 is 29.3 Å². The lowest BCUT2D eigenvalue weighted by Gasteiger charge is -2.12. The Morgan fingerprint density at radius 1 is 1.13 bits per heavy atom. The monoisotopic (exact) mass is 436 g/mol. The second-order valence-electron chi connectivity index (χ2n) is 6.43. The summed E-state index contributed by atoms with van der Waals surface area (Å²) in [5.74, 6) is -0.360. The first-order valence-corrected chi connectivity index (χ1v) is 9.61. The Hall–Kier alpha value is -3.82. The number of carbonyl (C=O) groups is 1. The van der Waals surface area contributed by atoms with Crippen molar-refractivity contribution in [2.24, 2.45) is 0 Å². The van der Waals surface area contributed by atoms with Crippen LogP contribution in [-0.2, 0) is 11.4 Å².